The van der Waals surface area contributed by atoms with Crippen molar-refractivity contribution in [1.29, 1.82) is 0 Å². The highest BCUT2D eigenvalue weighted by Gasteiger charge is 2.42. The number of carboxylic acid groups (broad SMARTS) is 1. The molecule has 0 amide bonds. The first-order chi connectivity index (χ1) is 9.35. The highest BCUT2D eigenvalue weighted by Crippen LogP contribution is 2.39. The van der Waals surface area contributed by atoms with Crippen molar-refractivity contribution >= 4 is 5.97 Å². The lowest BCUT2D eigenvalue weighted by molar-refractivity contribution is -0.155. The summed E-state index contributed by atoms with van der Waals surface area (Å²) in [7, 11) is 0. The average Bonchev–Trinajstić information content (AvgIpc) is 2.39. The van der Waals surface area contributed by atoms with Crippen LogP contribution in [0.1, 0.15) is 24.0 Å². The second-order valence-electron chi connectivity index (χ2n) is 5.03. The Kier molecular flexibility index (Phi) is 4.04. The van der Waals surface area contributed by atoms with E-state index in [0.717, 1.165) is 6.07 Å². The van der Waals surface area contributed by atoms with Gasteiger partial charge in [-0.25, -0.2) is 0 Å². The Morgan fingerprint density at radius 1 is 1.25 bits per heavy atom. The number of hydrogen-bond acceptors (Lipinski definition) is 2. The third-order valence-corrected chi connectivity index (χ3v) is 3.76. The van der Waals surface area contributed by atoms with Gasteiger partial charge in [0.2, 0.25) is 0 Å². The highest BCUT2D eigenvalue weighted by molar-refractivity contribution is 5.75. The minimum Gasteiger partial charge on any atom is -0.481 e. The van der Waals surface area contributed by atoms with Gasteiger partial charge in [0.1, 0.15) is 0 Å². The van der Waals surface area contributed by atoms with Crippen LogP contribution in [0.15, 0.2) is 24.3 Å². The van der Waals surface area contributed by atoms with Crippen molar-refractivity contribution in [1.82, 2.24) is 0 Å². The molecule has 1 aliphatic heterocycles. The summed E-state index contributed by atoms with van der Waals surface area (Å²) in [5.74, 6) is -1.06. The van der Waals surface area contributed by atoms with Gasteiger partial charge in [0, 0.05) is 13.2 Å². The standard InChI is InChI=1S/C14H15F3O3/c15-14(16,17)11-4-2-1-3-10(11)9-13(12(18)19)5-7-20-8-6-13/h1-4H,5-9H2,(H,18,19). The van der Waals surface area contributed by atoms with Crippen LogP contribution in [-0.4, -0.2) is 24.3 Å². The predicted octanol–water partition coefficient (Wildman–Crippen LogP) is 3.13. The lowest BCUT2D eigenvalue weighted by Crippen LogP contribution is -2.39. The van der Waals surface area contributed by atoms with Crippen molar-refractivity contribution in [2.75, 3.05) is 13.2 Å². The van der Waals surface area contributed by atoms with Crippen LogP contribution >= 0.6 is 0 Å². The van der Waals surface area contributed by atoms with Crippen LogP contribution in [0.3, 0.4) is 0 Å². The Bertz CT molecular complexity index is 491. The fraction of sp³-hybridized carbons (Fsp3) is 0.500. The van der Waals surface area contributed by atoms with E-state index in [1.54, 1.807) is 0 Å². The van der Waals surface area contributed by atoms with Crippen LogP contribution in [-0.2, 0) is 22.1 Å². The summed E-state index contributed by atoms with van der Waals surface area (Å²) in [5, 5.41) is 9.41. The van der Waals surface area contributed by atoms with Gasteiger partial charge in [-0.2, -0.15) is 13.2 Å². The Hall–Kier alpha value is -1.56. The zero-order chi connectivity index (χ0) is 14.8. The Morgan fingerprint density at radius 2 is 1.85 bits per heavy atom. The molecule has 0 aliphatic carbocycles. The zero-order valence-corrected chi connectivity index (χ0v) is 10.7. The molecule has 0 saturated carbocycles. The van der Waals surface area contributed by atoms with Gasteiger partial charge in [-0.1, -0.05) is 18.2 Å². The number of carbonyl (C=O) groups is 1. The third-order valence-electron chi connectivity index (χ3n) is 3.76. The first kappa shape index (κ1) is 14.8. The van der Waals surface area contributed by atoms with Crippen LogP contribution < -0.4 is 0 Å². The predicted molar refractivity (Wildman–Crippen MR) is 65.3 cm³/mol. The van der Waals surface area contributed by atoms with Gasteiger partial charge in [-0.3, -0.25) is 4.79 Å². The van der Waals surface area contributed by atoms with E-state index in [0.29, 0.717) is 0 Å². The summed E-state index contributed by atoms with van der Waals surface area (Å²) >= 11 is 0. The minimum absolute atomic E-state index is 0.0318. The topological polar surface area (TPSA) is 46.5 Å². The van der Waals surface area contributed by atoms with E-state index in [4.69, 9.17) is 4.74 Å². The maximum atomic E-state index is 13.0. The SMILES string of the molecule is O=C(O)C1(Cc2ccccc2C(F)(F)F)CCOCC1. The van der Waals surface area contributed by atoms with Crippen molar-refractivity contribution in [3.05, 3.63) is 35.4 Å². The zero-order valence-electron chi connectivity index (χ0n) is 10.7. The molecule has 1 heterocycles. The monoisotopic (exact) mass is 288 g/mol. The van der Waals surface area contributed by atoms with Crippen LogP contribution in [0.25, 0.3) is 0 Å². The van der Waals surface area contributed by atoms with Crippen LogP contribution in [0.5, 0.6) is 0 Å². The molecule has 110 valence electrons. The first-order valence-electron chi connectivity index (χ1n) is 6.31. The number of halogens is 3. The highest BCUT2D eigenvalue weighted by atomic mass is 19.4. The number of rotatable bonds is 3. The molecule has 1 aromatic rings. The minimum atomic E-state index is -4.47. The first-order valence-corrected chi connectivity index (χ1v) is 6.31. The summed E-state index contributed by atoms with van der Waals surface area (Å²) in [6.07, 6.45) is -4.13. The molecule has 1 aromatic carbocycles. The second kappa shape index (κ2) is 5.44. The number of carboxylic acids is 1. The van der Waals surface area contributed by atoms with Gasteiger partial charge in [0.05, 0.1) is 11.0 Å². The van der Waals surface area contributed by atoms with Crippen molar-refractivity contribution in [3.63, 3.8) is 0 Å². The van der Waals surface area contributed by atoms with E-state index in [-0.39, 0.29) is 38.0 Å². The van der Waals surface area contributed by atoms with Crippen molar-refractivity contribution in [2.45, 2.75) is 25.4 Å². The summed E-state index contributed by atoms with van der Waals surface area (Å²) in [4.78, 5) is 11.5. The molecular formula is C14H15F3O3. The lowest BCUT2D eigenvalue weighted by Gasteiger charge is -2.33. The molecule has 3 nitrogen and oxygen atoms in total. The Labute approximate surface area is 114 Å². The maximum Gasteiger partial charge on any atom is 0.416 e. The van der Waals surface area contributed by atoms with Crippen LogP contribution in [0.2, 0.25) is 0 Å². The fourth-order valence-electron chi connectivity index (χ4n) is 2.54. The molecule has 0 bridgehead atoms. The molecule has 0 spiro atoms. The number of ether oxygens (including phenoxy) is 1. The molecule has 6 heteroatoms. The molecule has 2 rings (SSSR count). The molecule has 1 saturated heterocycles. The van der Waals surface area contributed by atoms with Crippen LogP contribution in [0.4, 0.5) is 13.2 Å². The summed E-state index contributed by atoms with van der Waals surface area (Å²) in [6, 6.07) is 5.15. The average molecular weight is 288 g/mol. The fourth-order valence-corrected chi connectivity index (χ4v) is 2.54. The molecule has 1 N–H and O–H groups in total. The summed E-state index contributed by atoms with van der Waals surface area (Å²) in [5.41, 5.74) is -1.89. The van der Waals surface area contributed by atoms with Crippen molar-refractivity contribution < 1.29 is 27.8 Å². The quantitative estimate of drug-likeness (QED) is 0.929. The second-order valence-corrected chi connectivity index (χ2v) is 5.03. The normalized spacial score (nSPS) is 18.8. The third kappa shape index (κ3) is 2.95. The molecule has 20 heavy (non-hydrogen) atoms. The van der Waals surface area contributed by atoms with Gasteiger partial charge >= 0.3 is 12.1 Å². The number of alkyl halides is 3. The van der Waals surface area contributed by atoms with E-state index in [1.165, 1.54) is 18.2 Å². The van der Waals surface area contributed by atoms with Gasteiger partial charge in [0.15, 0.2) is 0 Å². The summed E-state index contributed by atoms with van der Waals surface area (Å²) in [6.45, 7) is 0.529. The molecule has 0 aromatic heterocycles. The van der Waals surface area contributed by atoms with Crippen molar-refractivity contribution in [3.8, 4) is 0 Å². The largest absolute Gasteiger partial charge is 0.481 e. The smallest absolute Gasteiger partial charge is 0.416 e. The van der Waals surface area contributed by atoms with Gasteiger partial charge in [-0.15, -0.1) is 0 Å². The maximum absolute atomic E-state index is 13.0. The Morgan fingerprint density at radius 3 is 2.40 bits per heavy atom. The lowest BCUT2D eigenvalue weighted by atomic mass is 9.74. The molecular weight excluding hydrogens is 273 g/mol. The van der Waals surface area contributed by atoms with E-state index < -0.39 is 23.1 Å². The Balaban J connectivity index is 2.35. The van der Waals surface area contributed by atoms with Crippen LogP contribution in [0, 0.1) is 5.41 Å². The number of aliphatic carboxylic acids is 1. The summed E-state index contributed by atoms with van der Waals surface area (Å²) < 4.78 is 44.0. The molecule has 0 unspecified atom stereocenters. The molecule has 0 atom stereocenters. The van der Waals surface area contributed by atoms with E-state index >= 15 is 0 Å². The molecule has 1 aliphatic rings. The van der Waals surface area contributed by atoms with Gasteiger partial charge in [-0.05, 0) is 30.9 Å². The van der Waals surface area contributed by atoms with E-state index in [1.807, 2.05) is 0 Å². The van der Waals surface area contributed by atoms with E-state index in [2.05, 4.69) is 0 Å². The van der Waals surface area contributed by atoms with Gasteiger partial charge < -0.3 is 9.84 Å². The molecule has 0 radical (unpaired) electrons. The van der Waals surface area contributed by atoms with E-state index in [9.17, 15) is 23.1 Å². The number of hydrogen-bond donors (Lipinski definition) is 1. The van der Waals surface area contributed by atoms with Crippen molar-refractivity contribution in [2.24, 2.45) is 5.41 Å². The molecule has 1 fully saturated rings. The number of benzene rings is 1. The van der Waals surface area contributed by atoms with Gasteiger partial charge in [0.25, 0.3) is 0 Å².